The molecule has 1 atom stereocenters. The van der Waals surface area contributed by atoms with Crippen LogP contribution in [0.3, 0.4) is 0 Å². The third-order valence-electron chi connectivity index (χ3n) is 5.00. The van der Waals surface area contributed by atoms with Gasteiger partial charge in [0.2, 0.25) is 5.78 Å². The van der Waals surface area contributed by atoms with Crippen molar-refractivity contribution in [1.82, 2.24) is 4.57 Å². The lowest BCUT2D eigenvalue weighted by atomic mass is 10.1. The number of aryl methyl sites for hydroxylation is 1. The minimum Gasteiger partial charge on any atom is -0.454 e. The number of hydrogen-bond acceptors (Lipinski definition) is 6. The van der Waals surface area contributed by atoms with E-state index >= 15 is 0 Å². The fraction of sp³-hybridized carbons (Fsp3) is 0.400. The second kappa shape index (κ2) is 8.75. The molecule has 0 unspecified atom stereocenters. The summed E-state index contributed by atoms with van der Waals surface area (Å²) in [5, 5.41) is 10.9. The second-order valence-electron chi connectivity index (χ2n) is 6.95. The van der Waals surface area contributed by atoms with Crippen molar-refractivity contribution >= 4 is 29.0 Å². The predicted molar refractivity (Wildman–Crippen MR) is 106 cm³/mol. The lowest BCUT2D eigenvalue weighted by Gasteiger charge is -2.14. The molecule has 0 N–H and O–H groups in total. The van der Waals surface area contributed by atoms with Crippen molar-refractivity contribution in [2.75, 3.05) is 13.2 Å². The SMILES string of the molecule is Cc1cc(C(=O)COC(=O)c2ccc(Cl)c([N+](=O)[O-])c2)c(C)n1C[C@@H]1CCCO1. The highest BCUT2D eigenvalue weighted by Crippen LogP contribution is 2.25. The third kappa shape index (κ3) is 4.65. The number of rotatable bonds is 7. The van der Waals surface area contributed by atoms with Crippen LogP contribution in [0.4, 0.5) is 5.69 Å². The number of esters is 1. The zero-order chi connectivity index (χ0) is 21.1. The average Bonchev–Trinajstić information content (AvgIpc) is 3.29. The Labute approximate surface area is 172 Å². The standard InChI is InChI=1S/C20H21ClN2O6/c1-12-8-16(13(2)22(12)10-15-4-3-7-28-15)19(24)11-29-20(25)14-5-6-17(21)18(9-14)23(26)27/h5-6,8-9,15H,3-4,7,10-11H2,1-2H3/t15-/m0/s1. The van der Waals surface area contributed by atoms with E-state index in [1.165, 1.54) is 12.1 Å². The van der Waals surface area contributed by atoms with Gasteiger partial charge in [-0.25, -0.2) is 4.79 Å². The molecule has 0 saturated carbocycles. The minimum atomic E-state index is -0.828. The highest BCUT2D eigenvalue weighted by Gasteiger charge is 2.22. The Morgan fingerprint density at radius 2 is 2.10 bits per heavy atom. The van der Waals surface area contributed by atoms with E-state index in [0.29, 0.717) is 12.1 Å². The first-order valence-corrected chi connectivity index (χ1v) is 9.58. The molecular weight excluding hydrogens is 400 g/mol. The molecule has 2 heterocycles. The van der Waals surface area contributed by atoms with Gasteiger partial charge in [0.05, 0.1) is 16.6 Å². The topological polar surface area (TPSA) is 101 Å². The number of benzene rings is 1. The van der Waals surface area contributed by atoms with Crippen LogP contribution < -0.4 is 0 Å². The van der Waals surface area contributed by atoms with Gasteiger partial charge in [0.1, 0.15) is 5.02 Å². The number of Topliss-reactive ketones (excluding diaryl/α,β-unsaturated/α-hetero) is 1. The van der Waals surface area contributed by atoms with Gasteiger partial charge < -0.3 is 14.0 Å². The van der Waals surface area contributed by atoms with E-state index in [2.05, 4.69) is 0 Å². The molecule has 1 fully saturated rings. The van der Waals surface area contributed by atoms with Crippen molar-refractivity contribution in [2.24, 2.45) is 0 Å². The summed E-state index contributed by atoms with van der Waals surface area (Å²) in [4.78, 5) is 35.0. The van der Waals surface area contributed by atoms with Crippen LogP contribution in [0.1, 0.15) is 44.9 Å². The van der Waals surface area contributed by atoms with Crippen molar-refractivity contribution in [2.45, 2.75) is 39.3 Å². The molecule has 1 aromatic heterocycles. The monoisotopic (exact) mass is 420 g/mol. The average molecular weight is 421 g/mol. The first kappa shape index (κ1) is 21.0. The molecule has 1 saturated heterocycles. The molecule has 9 heteroatoms. The minimum absolute atomic E-state index is 0.0437. The Balaban J connectivity index is 1.67. The highest BCUT2D eigenvalue weighted by molar-refractivity contribution is 6.32. The maximum atomic E-state index is 12.6. The van der Waals surface area contributed by atoms with Crippen molar-refractivity contribution in [1.29, 1.82) is 0 Å². The quantitative estimate of drug-likeness (QED) is 0.291. The molecule has 0 amide bonds. The summed E-state index contributed by atoms with van der Waals surface area (Å²) < 4.78 is 12.8. The van der Waals surface area contributed by atoms with Gasteiger partial charge in [0, 0.05) is 36.2 Å². The molecule has 1 aliphatic heterocycles. The van der Waals surface area contributed by atoms with Gasteiger partial charge in [-0.2, -0.15) is 0 Å². The largest absolute Gasteiger partial charge is 0.454 e. The van der Waals surface area contributed by atoms with Crippen LogP contribution in [-0.2, 0) is 16.0 Å². The predicted octanol–water partition coefficient (Wildman–Crippen LogP) is 3.89. The van der Waals surface area contributed by atoms with Crippen LogP contribution in [-0.4, -0.2) is 40.6 Å². The number of ketones is 1. The van der Waals surface area contributed by atoms with Crippen LogP contribution in [0.5, 0.6) is 0 Å². The number of ether oxygens (including phenoxy) is 2. The molecule has 0 radical (unpaired) electrons. The summed E-state index contributed by atoms with van der Waals surface area (Å²) in [6.07, 6.45) is 2.17. The Hall–Kier alpha value is -2.71. The van der Waals surface area contributed by atoms with Crippen molar-refractivity contribution in [3.05, 3.63) is 61.9 Å². The van der Waals surface area contributed by atoms with Gasteiger partial charge >= 0.3 is 5.97 Å². The van der Waals surface area contributed by atoms with Gasteiger partial charge in [-0.15, -0.1) is 0 Å². The Bertz CT molecular complexity index is 962. The van der Waals surface area contributed by atoms with Gasteiger partial charge in [-0.1, -0.05) is 11.6 Å². The van der Waals surface area contributed by atoms with Crippen molar-refractivity contribution < 1.29 is 24.0 Å². The first-order chi connectivity index (χ1) is 13.8. The molecule has 1 aliphatic rings. The molecule has 3 rings (SSSR count). The summed E-state index contributed by atoms with van der Waals surface area (Å²) in [6.45, 7) is 4.74. The number of carbonyl (C=O) groups is 2. The molecular formula is C20H21ClN2O6. The zero-order valence-corrected chi connectivity index (χ0v) is 16.9. The van der Waals surface area contributed by atoms with E-state index in [0.717, 1.165) is 36.9 Å². The van der Waals surface area contributed by atoms with Crippen molar-refractivity contribution in [3.8, 4) is 0 Å². The van der Waals surface area contributed by atoms with Crippen molar-refractivity contribution in [3.63, 3.8) is 0 Å². The van der Waals surface area contributed by atoms with Crippen LogP contribution in [0, 0.1) is 24.0 Å². The molecule has 1 aromatic carbocycles. The van der Waals surface area contributed by atoms with Gasteiger partial charge in [-0.3, -0.25) is 14.9 Å². The van der Waals surface area contributed by atoms with Crippen LogP contribution >= 0.6 is 11.6 Å². The summed E-state index contributed by atoms with van der Waals surface area (Å²) in [6, 6.07) is 5.36. The number of nitrogens with zero attached hydrogens (tertiary/aromatic N) is 2. The number of aromatic nitrogens is 1. The summed E-state index contributed by atoms with van der Waals surface area (Å²) >= 11 is 5.74. The van der Waals surface area contributed by atoms with E-state index in [9.17, 15) is 19.7 Å². The van der Waals surface area contributed by atoms with E-state index in [1.807, 2.05) is 18.4 Å². The van der Waals surface area contributed by atoms with Crippen LogP contribution in [0.25, 0.3) is 0 Å². The number of carbonyl (C=O) groups excluding carboxylic acids is 2. The van der Waals surface area contributed by atoms with E-state index < -0.39 is 23.2 Å². The molecule has 0 bridgehead atoms. The fourth-order valence-electron chi connectivity index (χ4n) is 3.43. The fourth-order valence-corrected chi connectivity index (χ4v) is 3.61. The lowest BCUT2D eigenvalue weighted by Crippen LogP contribution is -2.18. The number of hydrogen-bond donors (Lipinski definition) is 0. The van der Waals surface area contributed by atoms with Crippen LogP contribution in [0.15, 0.2) is 24.3 Å². The summed E-state index contributed by atoms with van der Waals surface area (Å²) in [5.74, 6) is -1.17. The van der Waals surface area contributed by atoms with E-state index in [1.54, 1.807) is 6.07 Å². The van der Waals surface area contributed by atoms with Gasteiger partial charge in [0.25, 0.3) is 5.69 Å². The van der Waals surface area contributed by atoms with Gasteiger partial charge in [-0.05, 0) is 44.9 Å². The van der Waals surface area contributed by atoms with E-state index in [-0.39, 0.29) is 22.5 Å². The summed E-state index contributed by atoms with van der Waals surface area (Å²) in [5.41, 5.74) is 1.76. The van der Waals surface area contributed by atoms with Gasteiger partial charge in [0.15, 0.2) is 6.61 Å². The smallest absolute Gasteiger partial charge is 0.338 e. The number of nitro benzene ring substituents is 1. The third-order valence-corrected chi connectivity index (χ3v) is 5.32. The maximum absolute atomic E-state index is 12.6. The summed E-state index contributed by atoms with van der Waals surface area (Å²) in [7, 11) is 0. The molecule has 8 nitrogen and oxygen atoms in total. The molecule has 0 spiro atoms. The normalized spacial score (nSPS) is 16.0. The zero-order valence-electron chi connectivity index (χ0n) is 16.1. The second-order valence-corrected chi connectivity index (χ2v) is 7.36. The lowest BCUT2D eigenvalue weighted by molar-refractivity contribution is -0.384. The van der Waals surface area contributed by atoms with E-state index in [4.69, 9.17) is 21.1 Å². The van der Waals surface area contributed by atoms with Crippen LogP contribution in [0.2, 0.25) is 5.02 Å². The molecule has 29 heavy (non-hydrogen) atoms. The number of halogens is 1. The number of nitro groups is 1. The Morgan fingerprint density at radius 1 is 1.34 bits per heavy atom. The molecule has 0 aliphatic carbocycles. The molecule has 2 aromatic rings. The Kier molecular flexibility index (Phi) is 6.34. The maximum Gasteiger partial charge on any atom is 0.338 e. The Morgan fingerprint density at radius 3 is 2.76 bits per heavy atom. The molecule has 154 valence electrons. The highest BCUT2D eigenvalue weighted by atomic mass is 35.5. The first-order valence-electron chi connectivity index (χ1n) is 9.20.